The third-order valence-corrected chi connectivity index (χ3v) is 5.65. The third kappa shape index (κ3) is 3.18. The summed E-state index contributed by atoms with van der Waals surface area (Å²) in [6, 6.07) is 19.0. The smallest absolute Gasteiger partial charge is 0.426 e. The SMILES string of the molecule is Clc1ccc(OB(c2ccc3c(c2)OCO3)c2ccc3c(c2)OCO3)c2ncccc12. The maximum absolute atomic E-state index is 6.56. The van der Waals surface area contributed by atoms with Crippen molar-refractivity contribution < 1.29 is 23.6 Å². The highest BCUT2D eigenvalue weighted by Gasteiger charge is 2.29. The van der Waals surface area contributed by atoms with Gasteiger partial charge in [-0.15, -0.1) is 0 Å². The Balaban J connectivity index is 1.47. The van der Waals surface area contributed by atoms with Crippen LogP contribution in [0.15, 0.2) is 66.9 Å². The zero-order chi connectivity index (χ0) is 20.8. The van der Waals surface area contributed by atoms with Gasteiger partial charge in [-0.3, -0.25) is 4.98 Å². The Kier molecular flexibility index (Phi) is 4.28. The fourth-order valence-electron chi connectivity index (χ4n) is 3.81. The molecule has 0 radical (unpaired) electrons. The molecule has 6 nitrogen and oxygen atoms in total. The highest BCUT2D eigenvalue weighted by Crippen LogP contribution is 2.33. The molecule has 31 heavy (non-hydrogen) atoms. The van der Waals surface area contributed by atoms with Crippen molar-refractivity contribution in [3.63, 3.8) is 0 Å². The van der Waals surface area contributed by atoms with E-state index in [0.717, 1.165) is 16.3 Å². The van der Waals surface area contributed by atoms with Gasteiger partial charge in [0.15, 0.2) is 23.0 Å². The largest absolute Gasteiger partial charge is 0.550 e. The topological polar surface area (TPSA) is 59.0 Å². The van der Waals surface area contributed by atoms with Gasteiger partial charge < -0.3 is 23.6 Å². The molecule has 0 fully saturated rings. The van der Waals surface area contributed by atoms with Crippen LogP contribution in [0.1, 0.15) is 0 Å². The van der Waals surface area contributed by atoms with Crippen LogP contribution in [0.3, 0.4) is 0 Å². The van der Waals surface area contributed by atoms with Gasteiger partial charge in [0.25, 0.3) is 0 Å². The fraction of sp³-hybridized carbons (Fsp3) is 0.0870. The maximum atomic E-state index is 6.56. The Hall–Kier alpha value is -3.58. The first-order chi connectivity index (χ1) is 15.3. The normalized spacial score (nSPS) is 13.5. The summed E-state index contributed by atoms with van der Waals surface area (Å²) in [5.41, 5.74) is 2.51. The van der Waals surface area contributed by atoms with Crippen molar-refractivity contribution in [2.75, 3.05) is 13.6 Å². The molecule has 2 aliphatic rings. The summed E-state index contributed by atoms with van der Waals surface area (Å²) in [6.45, 7) is -0.0319. The molecule has 0 atom stereocenters. The summed E-state index contributed by atoms with van der Waals surface area (Å²) >= 11 is 6.37. The lowest BCUT2D eigenvalue weighted by molar-refractivity contribution is 0.173. The molecular weight excluding hydrogens is 417 g/mol. The zero-order valence-corrected chi connectivity index (χ0v) is 17.0. The van der Waals surface area contributed by atoms with E-state index in [-0.39, 0.29) is 13.6 Å². The summed E-state index contributed by atoms with van der Waals surface area (Å²) in [4.78, 5) is 4.50. The van der Waals surface area contributed by atoms with Gasteiger partial charge in [0, 0.05) is 11.6 Å². The second-order valence-corrected chi connectivity index (χ2v) is 7.58. The van der Waals surface area contributed by atoms with Gasteiger partial charge in [0.2, 0.25) is 13.6 Å². The molecular formula is C23H15BClNO5. The van der Waals surface area contributed by atoms with Crippen molar-refractivity contribution in [3.05, 3.63) is 71.9 Å². The van der Waals surface area contributed by atoms with E-state index in [1.54, 1.807) is 6.20 Å². The molecule has 8 heteroatoms. The van der Waals surface area contributed by atoms with Gasteiger partial charge in [0.1, 0.15) is 11.3 Å². The summed E-state index contributed by atoms with van der Waals surface area (Å²) in [6.07, 6.45) is 1.72. The Morgan fingerprint density at radius 2 is 1.42 bits per heavy atom. The van der Waals surface area contributed by atoms with Crippen LogP contribution in [0.2, 0.25) is 5.02 Å². The standard InChI is InChI=1S/C23H15BClNO5/c25-17-5-8-20(23-16(17)2-1-9-26-23)31-24(14-3-6-18-21(10-14)29-12-27-18)15-4-7-19-22(11-15)30-13-28-19/h1-11H,12-13H2. The minimum Gasteiger partial charge on any atom is -0.550 e. The Morgan fingerprint density at radius 3 is 2.10 bits per heavy atom. The van der Waals surface area contributed by atoms with Crippen molar-refractivity contribution in [1.82, 2.24) is 4.98 Å². The van der Waals surface area contributed by atoms with Crippen LogP contribution >= 0.6 is 11.6 Å². The second kappa shape index (κ2) is 7.28. The Morgan fingerprint density at radius 1 is 0.774 bits per heavy atom. The zero-order valence-electron chi connectivity index (χ0n) is 16.2. The molecule has 0 unspecified atom stereocenters. The molecule has 3 heterocycles. The number of pyridine rings is 1. The average Bonchev–Trinajstić information content (AvgIpc) is 3.47. The predicted molar refractivity (Wildman–Crippen MR) is 118 cm³/mol. The van der Waals surface area contributed by atoms with Crippen LogP contribution in [0.5, 0.6) is 28.7 Å². The van der Waals surface area contributed by atoms with Crippen LogP contribution < -0.4 is 34.5 Å². The average molecular weight is 432 g/mol. The Labute approximate surface area is 183 Å². The van der Waals surface area contributed by atoms with Crippen molar-refractivity contribution >= 4 is 40.3 Å². The van der Waals surface area contributed by atoms with E-state index in [9.17, 15) is 0 Å². The van der Waals surface area contributed by atoms with Gasteiger partial charge in [-0.05, 0) is 59.5 Å². The fourth-order valence-corrected chi connectivity index (χ4v) is 4.03. The number of hydrogen-bond donors (Lipinski definition) is 0. The maximum Gasteiger partial charge on any atom is 0.426 e. The minimum atomic E-state index is -0.449. The first-order valence-corrected chi connectivity index (χ1v) is 10.1. The van der Waals surface area contributed by atoms with Gasteiger partial charge in [-0.2, -0.15) is 0 Å². The molecule has 152 valence electrons. The molecule has 1 aromatic heterocycles. The third-order valence-electron chi connectivity index (χ3n) is 5.32. The van der Waals surface area contributed by atoms with Crippen LogP contribution in [0, 0.1) is 0 Å². The number of benzene rings is 3. The van der Waals surface area contributed by atoms with Gasteiger partial charge in [0.05, 0.1) is 5.02 Å². The minimum absolute atomic E-state index is 0.208. The quantitative estimate of drug-likeness (QED) is 0.461. The van der Waals surface area contributed by atoms with Crippen LogP contribution in [-0.2, 0) is 0 Å². The molecule has 2 aliphatic heterocycles. The van der Waals surface area contributed by atoms with E-state index in [1.165, 1.54) is 0 Å². The molecule has 0 bridgehead atoms. The number of nitrogens with zero attached hydrogens (tertiary/aromatic N) is 1. The molecule has 3 aromatic carbocycles. The van der Waals surface area contributed by atoms with Crippen molar-refractivity contribution in [2.24, 2.45) is 0 Å². The highest BCUT2D eigenvalue weighted by atomic mass is 35.5. The number of halogens is 1. The van der Waals surface area contributed by atoms with Gasteiger partial charge in [-0.1, -0.05) is 23.7 Å². The number of aromatic nitrogens is 1. The predicted octanol–water partition coefficient (Wildman–Crippen LogP) is 3.53. The lowest BCUT2D eigenvalue weighted by Gasteiger charge is -2.19. The molecule has 6 rings (SSSR count). The summed E-state index contributed by atoms with van der Waals surface area (Å²) < 4.78 is 28.7. The summed E-state index contributed by atoms with van der Waals surface area (Å²) in [7, 11) is 0. The van der Waals surface area contributed by atoms with Crippen LogP contribution in [0.4, 0.5) is 0 Å². The number of hydrogen-bond acceptors (Lipinski definition) is 6. The number of rotatable bonds is 4. The van der Waals surface area contributed by atoms with E-state index < -0.39 is 6.92 Å². The second-order valence-electron chi connectivity index (χ2n) is 7.17. The first-order valence-electron chi connectivity index (χ1n) is 9.75. The number of fused-ring (bicyclic) bond motifs is 3. The van der Waals surface area contributed by atoms with Crippen molar-refractivity contribution in [3.8, 4) is 28.7 Å². The Bertz CT molecular complexity index is 1260. The molecule has 0 amide bonds. The van der Waals surface area contributed by atoms with E-state index in [1.807, 2.05) is 60.7 Å². The monoisotopic (exact) mass is 431 g/mol. The molecule has 0 saturated carbocycles. The molecule has 0 spiro atoms. The van der Waals surface area contributed by atoms with E-state index in [2.05, 4.69) is 4.98 Å². The number of ether oxygens (including phenoxy) is 4. The molecule has 0 saturated heterocycles. The van der Waals surface area contributed by atoms with Crippen molar-refractivity contribution in [1.29, 1.82) is 0 Å². The van der Waals surface area contributed by atoms with E-state index >= 15 is 0 Å². The first kappa shape index (κ1) is 18.2. The summed E-state index contributed by atoms with van der Waals surface area (Å²) in [5.74, 6) is 3.43. The van der Waals surface area contributed by atoms with Crippen LogP contribution in [0.25, 0.3) is 10.9 Å². The molecule has 4 aromatic rings. The molecule has 0 aliphatic carbocycles. The molecule has 0 N–H and O–H groups in total. The van der Waals surface area contributed by atoms with E-state index in [0.29, 0.717) is 39.3 Å². The summed E-state index contributed by atoms with van der Waals surface area (Å²) in [5, 5.41) is 1.45. The van der Waals surface area contributed by atoms with Gasteiger partial charge in [-0.25, -0.2) is 0 Å². The van der Waals surface area contributed by atoms with E-state index in [4.69, 9.17) is 35.2 Å². The van der Waals surface area contributed by atoms with Crippen molar-refractivity contribution in [2.45, 2.75) is 0 Å². The lowest BCUT2D eigenvalue weighted by atomic mass is 9.55. The van der Waals surface area contributed by atoms with Gasteiger partial charge >= 0.3 is 6.92 Å². The lowest BCUT2D eigenvalue weighted by Crippen LogP contribution is -2.47. The van der Waals surface area contributed by atoms with Crippen LogP contribution in [-0.4, -0.2) is 25.5 Å². The highest BCUT2D eigenvalue weighted by molar-refractivity contribution is 6.80.